The van der Waals surface area contributed by atoms with Crippen LogP contribution in [-0.4, -0.2) is 19.1 Å². The number of rotatable bonds is 8. The smallest absolute Gasteiger partial charge is 0.220 e. The first-order chi connectivity index (χ1) is 11.5. The minimum Gasteiger partial charge on any atom is -0.492 e. The molecule has 24 heavy (non-hydrogen) atoms. The molecule has 0 bridgehead atoms. The van der Waals surface area contributed by atoms with Crippen molar-refractivity contribution >= 4 is 17.5 Å². The molecule has 0 aromatic heterocycles. The molecule has 0 atom stereocenters. The standard InChI is InChI=1S/C18H18ClF2NO2/c19-16-4-1-2-5-17(16)24-9-3-6-18(23)22-8-7-13-10-14(20)12-15(21)11-13/h1-2,4-5,10-12H,3,6-9H2,(H,22,23). The van der Waals surface area contributed by atoms with Gasteiger partial charge in [0.05, 0.1) is 11.6 Å². The SMILES string of the molecule is O=C(CCCOc1ccccc1Cl)NCCc1cc(F)cc(F)c1. The number of carbonyl (C=O) groups is 1. The largest absolute Gasteiger partial charge is 0.492 e. The first-order valence-electron chi connectivity index (χ1n) is 7.63. The Morgan fingerprint density at radius 1 is 1.12 bits per heavy atom. The van der Waals surface area contributed by atoms with E-state index in [0.717, 1.165) is 6.07 Å². The van der Waals surface area contributed by atoms with E-state index in [-0.39, 0.29) is 5.91 Å². The van der Waals surface area contributed by atoms with Crippen LogP contribution in [0, 0.1) is 11.6 Å². The third kappa shape index (κ3) is 6.16. The van der Waals surface area contributed by atoms with Crippen molar-refractivity contribution in [2.75, 3.05) is 13.2 Å². The highest BCUT2D eigenvalue weighted by molar-refractivity contribution is 6.32. The quantitative estimate of drug-likeness (QED) is 0.724. The number of para-hydroxylation sites is 1. The molecule has 0 aliphatic carbocycles. The second-order valence-corrected chi connectivity index (χ2v) is 5.67. The van der Waals surface area contributed by atoms with Gasteiger partial charge in [-0.3, -0.25) is 4.79 Å². The summed E-state index contributed by atoms with van der Waals surface area (Å²) in [4.78, 5) is 11.7. The highest BCUT2D eigenvalue weighted by Gasteiger charge is 2.04. The molecule has 1 amide bonds. The minimum absolute atomic E-state index is 0.130. The number of amides is 1. The van der Waals surface area contributed by atoms with Crippen LogP contribution in [0.3, 0.4) is 0 Å². The number of hydrogen-bond acceptors (Lipinski definition) is 2. The maximum absolute atomic E-state index is 13.0. The number of ether oxygens (including phenoxy) is 1. The van der Waals surface area contributed by atoms with Gasteiger partial charge in [0.25, 0.3) is 0 Å². The summed E-state index contributed by atoms with van der Waals surface area (Å²) < 4.78 is 31.6. The van der Waals surface area contributed by atoms with E-state index in [0.29, 0.717) is 48.7 Å². The zero-order valence-electron chi connectivity index (χ0n) is 13.0. The van der Waals surface area contributed by atoms with Gasteiger partial charge in [-0.05, 0) is 42.7 Å². The van der Waals surface area contributed by atoms with Crippen molar-refractivity contribution < 1.29 is 18.3 Å². The Bertz CT molecular complexity index is 674. The van der Waals surface area contributed by atoms with Crippen molar-refractivity contribution in [2.45, 2.75) is 19.3 Å². The van der Waals surface area contributed by atoms with Gasteiger partial charge in [0.2, 0.25) is 5.91 Å². The molecule has 0 aliphatic rings. The van der Waals surface area contributed by atoms with Crippen LogP contribution in [0.5, 0.6) is 5.75 Å². The van der Waals surface area contributed by atoms with E-state index in [1.54, 1.807) is 12.1 Å². The molecule has 128 valence electrons. The van der Waals surface area contributed by atoms with Gasteiger partial charge in [-0.2, -0.15) is 0 Å². The van der Waals surface area contributed by atoms with Crippen molar-refractivity contribution in [2.24, 2.45) is 0 Å². The van der Waals surface area contributed by atoms with Crippen LogP contribution in [-0.2, 0) is 11.2 Å². The fourth-order valence-corrected chi connectivity index (χ4v) is 2.36. The third-order valence-electron chi connectivity index (χ3n) is 3.30. The summed E-state index contributed by atoms with van der Waals surface area (Å²) in [5.74, 6) is -0.775. The highest BCUT2D eigenvalue weighted by atomic mass is 35.5. The average Bonchev–Trinajstić information content (AvgIpc) is 2.52. The molecular formula is C18H18ClF2NO2. The van der Waals surface area contributed by atoms with Gasteiger partial charge >= 0.3 is 0 Å². The van der Waals surface area contributed by atoms with Gasteiger partial charge in [-0.1, -0.05) is 23.7 Å². The Labute approximate surface area is 144 Å². The molecule has 0 aliphatic heterocycles. The topological polar surface area (TPSA) is 38.3 Å². The molecule has 0 saturated carbocycles. The maximum Gasteiger partial charge on any atom is 0.220 e. The zero-order valence-corrected chi connectivity index (χ0v) is 13.8. The van der Waals surface area contributed by atoms with E-state index in [2.05, 4.69) is 5.32 Å². The molecule has 2 aromatic rings. The molecule has 0 radical (unpaired) electrons. The van der Waals surface area contributed by atoms with Crippen molar-refractivity contribution in [1.29, 1.82) is 0 Å². The van der Waals surface area contributed by atoms with Crippen LogP contribution in [0.1, 0.15) is 18.4 Å². The van der Waals surface area contributed by atoms with E-state index in [1.165, 1.54) is 12.1 Å². The lowest BCUT2D eigenvalue weighted by atomic mass is 10.1. The summed E-state index contributed by atoms with van der Waals surface area (Å²) in [6.07, 6.45) is 1.23. The first kappa shape index (κ1) is 18.2. The van der Waals surface area contributed by atoms with Gasteiger partial charge in [0.15, 0.2) is 0 Å². The molecule has 0 heterocycles. The third-order valence-corrected chi connectivity index (χ3v) is 3.61. The Morgan fingerprint density at radius 2 is 1.83 bits per heavy atom. The lowest BCUT2D eigenvalue weighted by Crippen LogP contribution is -2.25. The zero-order chi connectivity index (χ0) is 17.4. The number of halogens is 3. The predicted octanol–water partition coefficient (Wildman–Crippen LogP) is 4.14. The molecule has 2 aromatic carbocycles. The van der Waals surface area contributed by atoms with Gasteiger partial charge in [-0.15, -0.1) is 0 Å². The average molecular weight is 354 g/mol. The second kappa shape index (κ2) is 9.23. The monoisotopic (exact) mass is 353 g/mol. The molecule has 0 spiro atoms. The van der Waals surface area contributed by atoms with Crippen LogP contribution in [0.15, 0.2) is 42.5 Å². The van der Waals surface area contributed by atoms with E-state index < -0.39 is 11.6 Å². The van der Waals surface area contributed by atoms with E-state index in [4.69, 9.17) is 16.3 Å². The fourth-order valence-electron chi connectivity index (χ4n) is 2.17. The number of nitrogens with one attached hydrogen (secondary N) is 1. The minimum atomic E-state index is -0.618. The van der Waals surface area contributed by atoms with Crippen molar-refractivity contribution in [3.63, 3.8) is 0 Å². The Hall–Kier alpha value is -2.14. The van der Waals surface area contributed by atoms with Crippen LogP contribution in [0.25, 0.3) is 0 Å². The number of hydrogen-bond donors (Lipinski definition) is 1. The highest BCUT2D eigenvalue weighted by Crippen LogP contribution is 2.23. The molecule has 0 unspecified atom stereocenters. The lowest BCUT2D eigenvalue weighted by Gasteiger charge is -2.08. The summed E-state index contributed by atoms with van der Waals surface area (Å²) in [6.45, 7) is 0.708. The van der Waals surface area contributed by atoms with Crippen molar-refractivity contribution in [3.8, 4) is 5.75 Å². The van der Waals surface area contributed by atoms with Gasteiger partial charge in [-0.25, -0.2) is 8.78 Å². The maximum atomic E-state index is 13.0. The second-order valence-electron chi connectivity index (χ2n) is 5.26. The van der Waals surface area contributed by atoms with Crippen molar-refractivity contribution in [3.05, 3.63) is 64.7 Å². The van der Waals surface area contributed by atoms with Crippen LogP contribution in [0.4, 0.5) is 8.78 Å². The molecule has 2 rings (SSSR count). The number of carbonyl (C=O) groups excluding carboxylic acids is 1. The molecule has 1 N–H and O–H groups in total. The van der Waals surface area contributed by atoms with Gasteiger partial charge < -0.3 is 10.1 Å². The van der Waals surface area contributed by atoms with Crippen molar-refractivity contribution in [1.82, 2.24) is 5.32 Å². The Morgan fingerprint density at radius 3 is 2.54 bits per heavy atom. The van der Waals surface area contributed by atoms with Crippen LogP contribution >= 0.6 is 11.6 Å². The molecule has 0 saturated heterocycles. The summed E-state index contributed by atoms with van der Waals surface area (Å²) in [6, 6.07) is 10.5. The van der Waals surface area contributed by atoms with E-state index in [9.17, 15) is 13.6 Å². The summed E-state index contributed by atoms with van der Waals surface area (Å²) in [5, 5.41) is 3.25. The Balaban J connectivity index is 1.62. The predicted molar refractivity (Wildman–Crippen MR) is 89.3 cm³/mol. The molecule has 6 heteroatoms. The van der Waals surface area contributed by atoms with Crippen LogP contribution < -0.4 is 10.1 Å². The lowest BCUT2D eigenvalue weighted by molar-refractivity contribution is -0.121. The molecule has 3 nitrogen and oxygen atoms in total. The van der Waals surface area contributed by atoms with Crippen LogP contribution in [0.2, 0.25) is 5.02 Å². The normalized spacial score (nSPS) is 10.5. The first-order valence-corrected chi connectivity index (χ1v) is 8.01. The van der Waals surface area contributed by atoms with Gasteiger partial charge in [0, 0.05) is 19.0 Å². The summed E-state index contributed by atoms with van der Waals surface area (Å²) in [5.41, 5.74) is 0.509. The molecule has 0 fully saturated rings. The number of benzene rings is 2. The summed E-state index contributed by atoms with van der Waals surface area (Å²) >= 11 is 5.96. The van der Waals surface area contributed by atoms with E-state index in [1.807, 2.05) is 12.1 Å². The molecular weight excluding hydrogens is 336 g/mol. The fraction of sp³-hybridized carbons (Fsp3) is 0.278. The summed E-state index contributed by atoms with van der Waals surface area (Å²) in [7, 11) is 0. The van der Waals surface area contributed by atoms with Gasteiger partial charge in [0.1, 0.15) is 17.4 Å². The van der Waals surface area contributed by atoms with E-state index >= 15 is 0 Å². The Kier molecular flexibility index (Phi) is 7.00.